The second kappa shape index (κ2) is 32.9. The molecule has 1 fully saturated rings. The molecule has 0 aliphatic heterocycles. The van der Waals surface area contributed by atoms with E-state index in [4.69, 9.17) is 18.5 Å². The first-order valence-electron chi connectivity index (χ1n) is 21.7. The number of carbonyl (C=O) groups is 2. The molecular weight excluding hydrogens is 715 g/mol. The Hall–Kier alpha value is -1.11. The molecule has 0 spiro atoms. The molecule has 12 nitrogen and oxygen atoms in total. The summed E-state index contributed by atoms with van der Waals surface area (Å²) in [5, 5.41) is 40.0. The molecule has 0 saturated heterocycles. The Morgan fingerprint density at radius 2 is 0.944 bits per heavy atom. The fraction of sp³-hybridized carbons (Fsp3) is 0.951. The van der Waals surface area contributed by atoms with Crippen LogP contribution in [0.1, 0.15) is 200 Å². The average Bonchev–Trinajstić information content (AvgIpc) is 3.14. The van der Waals surface area contributed by atoms with Gasteiger partial charge in [-0.2, -0.15) is 0 Å². The number of phosphoric ester groups is 1. The van der Waals surface area contributed by atoms with Gasteiger partial charge in [-0.1, -0.05) is 168 Å². The highest BCUT2D eigenvalue weighted by atomic mass is 31.2. The van der Waals surface area contributed by atoms with Crippen LogP contribution in [0.5, 0.6) is 0 Å². The fourth-order valence-corrected chi connectivity index (χ4v) is 7.85. The summed E-state index contributed by atoms with van der Waals surface area (Å²) in [6.45, 7) is 3.42. The molecule has 54 heavy (non-hydrogen) atoms. The number of ether oxygens (including phenoxy) is 2. The summed E-state index contributed by atoms with van der Waals surface area (Å²) >= 11 is 0. The van der Waals surface area contributed by atoms with Gasteiger partial charge in [0.05, 0.1) is 18.8 Å². The van der Waals surface area contributed by atoms with Crippen molar-refractivity contribution in [1.29, 1.82) is 0 Å². The number of phosphoric acid groups is 1. The summed E-state index contributed by atoms with van der Waals surface area (Å²) in [4.78, 5) is 35.5. The van der Waals surface area contributed by atoms with Gasteiger partial charge in [0.2, 0.25) is 0 Å². The van der Waals surface area contributed by atoms with Gasteiger partial charge in [0, 0.05) is 19.3 Å². The Morgan fingerprint density at radius 3 is 1.37 bits per heavy atom. The van der Waals surface area contributed by atoms with Crippen LogP contribution in [0.4, 0.5) is 0 Å². The predicted octanol–water partition coefficient (Wildman–Crippen LogP) is 8.75. The fourth-order valence-electron chi connectivity index (χ4n) is 6.86. The van der Waals surface area contributed by atoms with Gasteiger partial charge < -0.3 is 34.8 Å². The molecule has 0 aromatic rings. The van der Waals surface area contributed by atoms with Crippen molar-refractivity contribution >= 4 is 19.8 Å². The van der Waals surface area contributed by atoms with Gasteiger partial charge >= 0.3 is 19.8 Å². The molecule has 13 heteroatoms. The summed E-state index contributed by atoms with van der Waals surface area (Å²) in [5.74, 6) is -1.02. The average molecular weight is 795 g/mol. The van der Waals surface area contributed by atoms with Crippen molar-refractivity contribution < 1.29 is 58.0 Å². The summed E-state index contributed by atoms with van der Waals surface area (Å²) < 4.78 is 33.6. The molecule has 1 aliphatic carbocycles. The van der Waals surface area contributed by atoms with Crippen molar-refractivity contribution in [3.63, 3.8) is 0 Å². The first-order valence-corrected chi connectivity index (χ1v) is 23.2. The lowest BCUT2D eigenvalue weighted by Crippen LogP contribution is -2.56. The van der Waals surface area contributed by atoms with Gasteiger partial charge in [-0.25, -0.2) is 4.57 Å². The number of rotatable bonds is 36. The monoisotopic (exact) mass is 795 g/mol. The molecular formula is C41H79O12P. The quantitative estimate of drug-likeness (QED) is 0.0231. The highest BCUT2D eigenvalue weighted by Gasteiger charge is 2.46. The largest absolute Gasteiger partial charge is 0.472 e. The normalized spacial score (nSPS) is 21.8. The van der Waals surface area contributed by atoms with E-state index in [0.717, 1.165) is 38.5 Å². The number of hydrogen-bond donors (Lipinski definition) is 5. The Morgan fingerprint density at radius 1 is 0.556 bits per heavy atom. The van der Waals surface area contributed by atoms with Gasteiger partial charge in [-0.3, -0.25) is 18.6 Å². The second-order valence-electron chi connectivity index (χ2n) is 15.5. The highest BCUT2D eigenvalue weighted by molar-refractivity contribution is 7.47. The molecule has 320 valence electrons. The molecule has 1 aliphatic rings. The van der Waals surface area contributed by atoms with Crippen LogP contribution in [0.25, 0.3) is 0 Å². The number of carbonyl (C=O) groups excluding carboxylic acids is 2. The highest BCUT2D eigenvalue weighted by Crippen LogP contribution is 2.47. The minimum absolute atomic E-state index is 0.134. The van der Waals surface area contributed by atoms with Gasteiger partial charge in [-0.15, -0.1) is 0 Å². The standard InChI is InChI=1S/C41H79O12P/c1-3-5-7-9-11-13-15-17-19-21-23-25-27-29-37(44)50-32-34(33-51-54(48,49)53-41-36(43)31-35(42)39(46)40(41)47)52-38(45)30-28-26-24-22-20-18-16-14-12-10-8-6-4-2/h34-36,39-43,46-47H,3-33H2,1-2H3,(H,48,49)/t34-,35+,36-,39-,40-,41-/m1/s1. The molecule has 7 atom stereocenters. The van der Waals surface area contributed by atoms with E-state index in [-0.39, 0.29) is 19.4 Å². The smallest absolute Gasteiger partial charge is 0.462 e. The molecule has 0 amide bonds. The number of aliphatic hydroxyl groups excluding tert-OH is 4. The van der Waals surface area contributed by atoms with Gasteiger partial charge in [0.1, 0.15) is 24.9 Å². The molecule has 5 N–H and O–H groups in total. The van der Waals surface area contributed by atoms with Crippen LogP contribution in [-0.4, -0.2) is 87.1 Å². The van der Waals surface area contributed by atoms with Crippen molar-refractivity contribution in [1.82, 2.24) is 0 Å². The first kappa shape index (κ1) is 50.9. The maximum Gasteiger partial charge on any atom is 0.472 e. The van der Waals surface area contributed by atoms with E-state index >= 15 is 0 Å². The SMILES string of the molecule is CCCCCCCCCCCCCCCC(=O)OC[C@H](COP(=O)(O)O[C@H]1[C@H](O)[C@H](O)[C@@H](O)C[C@H]1O)OC(=O)CCCCCCCCCCCCCCC. The second-order valence-corrected chi connectivity index (χ2v) is 16.9. The maximum atomic E-state index is 12.7. The van der Waals surface area contributed by atoms with E-state index in [2.05, 4.69) is 13.8 Å². The Kier molecular flexibility index (Phi) is 31.0. The number of esters is 2. The number of aliphatic hydroxyl groups is 4. The minimum Gasteiger partial charge on any atom is -0.462 e. The molecule has 1 saturated carbocycles. The van der Waals surface area contributed by atoms with E-state index in [0.29, 0.717) is 12.8 Å². The zero-order chi connectivity index (χ0) is 39.9. The molecule has 0 heterocycles. The van der Waals surface area contributed by atoms with Crippen LogP contribution in [0.15, 0.2) is 0 Å². The van der Waals surface area contributed by atoms with Crippen molar-refractivity contribution in [3.05, 3.63) is 0 Å². The topological polar surface area (TPSA) is 189 Å². The zero-order valence-electron chi connectivity index (χ0n) is 33.9. The van der Waals surface area contributed by atoms with Crippen molar-refractivity contribution in [3.8, 4) is 0 Å². The Bertz CT molecular complexity index is 968. The van der Waals surface area contributed by atoms with Gasteiger partial charge in [0.25, 0.3) is 0 Å². The lowest BCUT2D eigenvalue weighted by atomic mass is 9.87. The van der Waals surface area contributed by atoms with E-state index < -0.39 is 69.4 Å². The molecule has 0 bridgehead atoms. The van der Waals surface area contributed by atoms with Crippen molar-refractivity contribution in [2.75, 3.05) is 13.2 Å². The van der Waals surface area contributed by atoms with Crippen molar-refractivity contribution in [2.45, 2.75) is 237 Å². The van der Waals surface area contributed by atoms with Crippen LogP contribution in [0.2, 0.25) is 0 Å². The lowest BCUT2D eigenvalue weighted by molar-refractivity contribution is -0.174. The number of hydrogen-bond acceptors (Lipinski definition) is 11. The third-order valence-electron chi connectivity index (χ3n) is 10.3. The number of unbranched alkanes of at least 4 members (excludes halogenated alkanes) is 24. The summed E-state index contributed by atoms with van der Waals surface area (Å²) in [5.41, 5.74) is 0. The van der Waals surface area contributed by atoms with Crippen LogP contribution >= 0.6 is 7.82 Å². The van der Waals surface area contributed by atoms with Crippen LogP contribution in [0.3, 0.4) is 0 Å². The Balaban J connectivity index is 2.44. The molecule has 1 unspecified atom stereocenters. The van der Waals surface area contributed by atoms with Crippen LogP contribution in [0, 0.1) is 0 Å². The summed E-state index contributed by atoms with van der Waals surface area (Å²) in [6.07, 6.45) is 21.0. The molecule has 1 rings (SSSR count). The predicted molar refractivity (Wildman–Crippen MR) is 211 cm³/mol. The minimum atomic E-state index is -4.97. The summed E-state index contributed by atoms with van der Waals surface area (Å²) in [6, 6.07) is 0. The summed E-state index contributed by atoms with van der Waals surface area (Å²) in [7, 11) is -4.97. The van der Waals surface area contributed by atoms with E-state index in [1.165, 1.54) is 116 Å². The lowest BCUT2D eigenvalue weighted by Gasteiger charge is -2.38. The van der Waals surface area contributed by atoms with E-state index in [1.54, 1.807) is 0 Å². The van der Waals surface area contributed by atoms with Gasteiger partial charge in [-0.05, 0) is 12.8 Å². The van der Waals surface area contributed by atoms with E-state index in [1.807, 2.05) is 0 Å². The Labute approximate surface area is 327 Å². The molecule has 0 aromatic heterocycles. The third kappa shape index (κ3) is 26.7. The van der Waals surface area contributed by atoms with Crippen LogP contribution < -0.4 is 0 Å². The molecule has 0 radical (unpaired) electrons. The zero-order valence-corrected chi connectivity index (χ0v) is 34.8. The third-order valence-corrected chi connectivity index (χ3v) is 11.3. The van der Waals surface area contributed by atoms with E-state index in [9.17, 15) is 39.5 Å². The first-order chi connectivity index (χ1) is 26.0. The van der Waals surface area contributed by atoms with Crippen LogP contribution in [-0.2, 0) is 32.7 Å². The van der Waals surface area contributed by atoms with Gasteiger partial charge in [0.15, 0.2) is 6.10 Å². The maximum absolute atomic E-state index is 12.7. The van der Waals surface area contributed by atoms with Crippen molar-refractivity contribution in [2.24, 2.45) is 0 Å². The molecule has 0 aromatic carbocycles.